The number of hydrogen-bond donors (Lipinski definition) is 2. The molecule has 0 atom stereocenters. The van der Waals surface area contributed by atoms with Gasteiger partial charge in [0.25, 0.3) is 11.2 Å². The third kappa shape index (κ3) is 3.38. The van der Waals surface area contributed by atoms with Gasteiger partial charge in [0, 0.05) is 34.8 Å². The zero-order chi connectivity index (χ0) is 18.1. The number of hydrogen-bond acceptors (Lipinski definition) is 3. The number of carbonyl (C=O) groups is 1. The van der Waals surface area contributed by atoms with Gasteiger partial charge in [0.05, 0.1) is 0 Å². The molecule has 2 aromatic carbocycles. The minimum Gasteiger partial charge on any atom is -0.710 e. The van der Waals surface area contributed by atoms with E-state index in [0.717, 1.165) is 0 Å². The Balaban J connectivity index is 1.97. The fourth-order valence-corrected chi connectivity index (χ4v) is 2.71. The van der Waals surface area contributed by atoms with Gasteiger partial charge in [0.15, 0.2) is 0 Å². The van der Waals surface area contributed by atoms with Gasteiger partial charge in [-0.2, -0.15) is 10.0 Å². The largest absolute Gasteiger partial charge is 0.710 e. The van der Waals surface area contributed by atoms with Crippen molar-refractivity contribution in [3.05, 3.63) is 68.6 Å². The summed E-state index contributed by atoms with van der Waals surface area (Å²) in [7, 11) is 0. The molecule has 1 heterocycles. The third-order valence-corrected chi connectivity index (χ3v) is 4.01. The zero-order valence-electron chi connectivity index (χ0n) is 12.9. The number of urea groups is 1. The highest BCUT2D eigenvalue weighted by molar-refractivity contribution is 6.31. The van der Waals surface area contributed by atoms with Gasteiger partial charge >= 0.3 is 11.8 Å². The van der Waals surface area contributed by atoms with Crippen LogP contribution >= 0.6 is 23.2 Å². The predicted molar refractivity (Wildman–Crippen MR) is 95.7 cm³/mol. The molecule has 0 fully saturated rings. The van der Waals surface area contributed by atoms with Crippen molar-refractivity contribution in [1.29, 1.82) is 0 Å². The highest BCUT2D eigenvalue weighted by atomic mass is 35.5. The molecule has 128 valence electrons. The zero-order valence-corrected chi connectivity index (χ0v) is 14.4. The van der Waals surface area contributed by atoms with E-state index in [2.05, 4.69) is 10.6 Å². The van der Waals surface area contributed by atoms with Crippen LogP contribution in [0.4, 0.5) is 16.3 Å². The molecule has 25 heavy (non-hydrogen) atoms. The molecule has 1 aromatic heterocycles. The van der Waals surface area contributed by atoms with Gasteiger partial charge in [-0.3, -0.25) is 5.32 Å². The van der Waals surface area contributed by atoms with E-state index in [4.69, 9.17) is 23.2 Å². The van der Waals surface area contributed by atoms with Gasteiger partial charge in [0.1, 0.15) is 0 Å². The number of carbonyl (C=O) groups excluding carboxylic acids is 1. The first-order valence-corrected chi connectivity index (χ1v) is 7.91. The summed E-state index contributed by atoms with van der Waals surface area (Å²) in [5.41, 5.74) is 0.689. The molecule has 3 rings (SSSR count). The molecule has 0 bridgehead atoms. The Morgan fingerprint density at radius 1 is 0.960 bits per heavy atom. The van der Waals surface area contributed by atoms with Crippen LogP contribution in [0.15, 0.2) is 42.5 Å². The number of aromatic nitrogens is 2. The predicted octanol–water partition coefficient (Wildman–Crippen LogP) is 3.37. The van der Waals surface area contributed by atoms with Gasteiger partial charge in [0.2, 0.25) is 5.52 Å². The maximum absolute atomic E-state index is 12.5. The molecule has 0 saturated heterocycles. The van der Waals surface area contributed by atoms with E-state index < -0.39 is 6.03 Å². The minimum atomic E-state index is -0.684. The van der Waals surface area contributed by atoms with Crippen LogP contribution in [0, 0.1) is 17.3 Å². The lowest BCUT2D eigenvalue weighted by atomic mass is 10.3. The van der Waals surface area contributed by atoms with Gasteiger partial charge in [-0.05, 0) is 24.3 Å². The van der Waals surface area contributed by atoms with Crippen LogP contribution in [0.3, 0.4) is 0 Å². The molecule has 0 spiro atoms. The Morgan fingerprint density at radius 2 is 1.68 bits per heavy atom. The van der Waals surface area contributed by atoms with Gasteiger partial charge < -0.3 is 10.4 Å². The number of nitrogens with zero attached hydrogens (tertiary/aromatic N) is 2. The molecule has 0 radical (unpaired) electrons. The summed E-state index contributed by atoms with van der Waals surface area (Å²) in [5.74, 6) is -0.190. The molecule has 0 saturated carbocycles. The minimum absolute atomic E-state index is 0.0473. The SMILES string of the molecule is Cc1c(NC(=O)Nc2cccc(Cl)c2)[n+]([O-])c2cc(Cl)ccc2[n+]1[O-]. The van der Waals surface area contributed by atoms with Crippen LogP contribution in [0.25, 0.3) is 11.0 Å². The number of amides is 2. The first kappa shape index (κ1) is 17.1. The lowest BCUT2D eigenvalue weighted by molar-refractivity contribution is -0.623. The second-order valence-corrected chi connectivity index (χ2v) is 6.12. The summed E-state index contributed by atoms with van der Waals surface area (Å²) in [4.78, 5) is 12.2. The number of benzene rings is 2. The summed E-state index contributed by atoms with van der Waals surface area (Å²) in [6.07, 6.45) is 0. The van der Waals surface area contributed by atoms with E-state index in [-0.39, 0.29) is 22.5 Å². The lowest BCUT2D eigenvalue weighted by Crippen LogP contribution is -2.44. The average Bonchev–Trinajstić information content (AvgIpc) is 2.56. The summed E-state index contributed by atoms with van der Waals surface area (Å²) in [6, 6.07) is 10.1. The number of rotatable bonds is 2. The van der Waals surface area contributed by atoms with Crippen LogP contribution in [0.2, 0.25) is 10.0 Å². The van der Waals surface area contributed by atoms with Crippen molar-refractivity contribution >= 4 is 51.8 Å². The molecular weight excluding hydrogens is 367 g/mol. The van der Waals surface area contributed by atoms with Crippen LogP contribution in [0.5, 0.6) is 0 Å². The molecule has 7 nitrogen and oxygen atoms in total. The lowest BCUT2D eigenvalue weighted by Gasteiger charge is -2.14. The van der Waals surface area contributed by atoms with Crippen LogP contribution < -0.4 is 20.1 Å². The van der Waals surface area contributed by atoms with Crippen molar-refractivity contribution in [1.82, 2.24) is 0 Å². The quantitative estimate of drug-likeness (QED) is 0.528. The molecule has 0 aliphatic heterocycles. The number of nitrogens with one attached hydrogen (secondary N) is 2. The molecule has 3 aromatic rings. The summed E-state index contributed by atoms with van der Waals surface area (Å²) >= 11 is 11.7. The van der Waals surface area contributed by atoms with E-state index in [1.807, 2.05) is 0 Å². The van der Waals surface area contributed by atoms with Crippen molar-refractivity contribution in [2.24, 2.45) is 0 Å². The second-order valence-electron chi connectivity index (χ2n) is 5.25. The Bertz CT molecular complexity index is 995. The van der Waals surface area contributed by atoms with E-state index in [1.54, 1.807) is 24.3 Å². The normalized spacial score (nSPS) is 10.7. The third-order valence-electron chi connectivity index (χ3n) is 3.54. The topological polar surface area (TPSA) is 95.0 Å². The second kappa shape index (κ2) is 6.62. The number of fused-ring (bicyclic) bond motifs is 1. The smallest absolute Gasteiger partial charge is 0.411 e. The highest BCUT2D eigenvalue weighted by Crippen LogP contribution is 2.18. The Kier molecular flexibility index (Phi) is 4.52. The maximum atomic E-state index is 12.5. The molecule has 0 unspecified atom stereocenters. The maximum Gasteiger partial charge on any atom is 0.411 e. The summed E-state index contributed by atoms with van der Waals surface area (Å²) in [5, 5.41) is 30.6. The molecule has 2 N–H and O–H groups in total. The number of anilines is 2. The molecule has 0 aliphatic carbocycles. The molecule has 9 heteroatoms. The van der Waals surface area contributed by atoms with E-state index >= 15 is 0 Å². The van der Waals surface area contributed by atoms with Crippen LogP contribution in [-0.4, -0.2) is 6.03 Å². The molecule has 0 aliphatic rings. The molecule has 2 amide bonds. The van der Waals surface area contributed by atoms with Crippen molar-refractivity contribution in [2.75, 3.05) is 10.6 Å². The Labute approximate surface area is 152 Å². The van der Waals surface area contributed by atoms with Crippen LogP contribution in [-0.2, 0) is 0 Å². The standard InChI is InChI=1S/C16H12Cl2N4O3/c1-9-15(20-16(23)19-12-4-2-3-10(17)7-12)22(25)14-8-11(18)5-6-13(14)21(9)24/h2-8H,1H3,(H2,19,20,23). The number of halogens is 2. The fourth-order valence-electron chi connectivity index (χ4n) is 2.35. The van der Waals surface area contributed by atoms with Gasteiger partial charge in [-0.25, -0.2) is 9.52 Å². The fraction of sp³-hybridized carbons (Fsp3) is 0.0625. The van der Waals surface area contributed by atoms with Crippen molar-refractivity contribution in [3.63, 3.8) is 0 Å². The molecular formula is C16H12Cl2N4O3. The first-order valence-electron chi connectivity index (χ1n) is 7.15. The van der Waals surface area contributed by atoms with E-state index in [1.165, 1.54) is 25.1 Å². The highest BCUT2D eigenvalue weighted by Gasteiger charge is 2.25. The Morgan fingerprint density at radius 3 is 2.40 bits per heavy atom. The summed E-state index contributed by atoms with van der Waals surface area (Å²) < 4.78 is 1.03. The van der Waals surface area contributed by atoms with E-state index in [9.17, 15) is 15.2 Å². The van der Waals surface area contributed by atoms with Gasteiger partial charge in [-0.15, -0.1) is 0 Å². The Hall–Kier alpha value is -2.77. The van der Waals surface area contributed by atoms with Gasteiger partial charge in [-0.1, -0.05) is 29.3 Å². The van der Waals surface area contributed by atoms with Crippen molar-refractivity contribution in [2.45, 2.75) is 6.92 Å². The summed E-state index contributed by atoms with van der Waals surface area (Å²) in [6.45, 7) is 1.43. The van der Waals surface area contributed by atoms with E-state index in [0.29, 0.717) is 25.2 Å². The average molecular weight is 379 g/mol. The van der Waals surface area contributed by atoms with Crippen molar-refractivity contribution < 1.29 is 14.3 Å². The van der Waals surface area contributed by atoms with Crippen LogP contribution in [0.1, 0.15) is 5.69 Å². The van der Waals surface area contributed by atoms with Crippen molar-refractivity contribution in [3.8, 4) is 0 Å². The monoisotopic (exact) mass is 378 g/mol. The first-order chi connectivity index (χ1) is 11.9.